The zero-order valence-electron chi connectivity index (χ0n) is 18.7. The molecule has 170 valence electrons. The Kier molecular flexibility index (Phi) is 5.32. The second kappa shape index (κ2) is 8.03. The van der Waals surface area contributed by atoms with E-state index in [-0.39, 0.29) is 23.6 Å². The van der Waals surface area contributed by atoms with E-state index in [1.54, 1.807) is 17.0 Å². The molecule has 3 heterocycles. The van der Waals surface area contributed by atoms with E-state index in [2.05, 4.69) is 11.9 Å². The molecule has 1 aromatic carbocycles. The number of hydrogen-bond acceptors (Lipinski definition) is 4. The van der Waals surface area contributed by atoms with Crippen molar-refractivity contribution in [2.45, 2.75) is 51.2 Å². The molecule has 0 bridgehead atoms. The van der Waals surface area contributed by atoms with Crippen molar-refractivity contribution in [1.29, 1.82) is 0 Å². The summed E-state index contributed by atoms with van der Waals surface area (Å²) >= 11 is 0. The maximum Gasteiger partial charge on any atom is 0.320 e. The van der Waals surface area contributed by atoms with Crippen LogP contribution >= 0.6 is 0 Å². The zero-order valence-corrected chi connectivity index (χ0v) is 18.7. The molecule has 1 atom stereocenters. The van der Waals surface area contributed by atoms with Gasteiger partial charge < -0.3 is 14.9 Å². The fourth-order valence-corrected chi connectivity index (χ4v) is 5.91. The normalized spacial score (nSPS) is 25.2. The number of amides is 2. The monoisotopic (exact) mass is 436 g/mol. The number of hydrogen-bond donors (Lipinski definition) is 1. The molecule has 0 radical (unpaired) electrons. The lowest BCUT2D eigenvalue weighted by Gasteiger charge is -2.53. The van der Waals surface area contributed by atoms with E-state index in [1.807, 2.05) is 40.1 Å². The van der Waals surface area contributed by atoms with E-state index in [0.29, 0.717) is 31.1 Å². The molecule has 1 N–H and O–H groups in total. The summed E-state index contributed by atoms with van der Waals surface area (Å²) in [6.07, 6.45) is 5.90. The lowest BCUT2D eigenvalue weighted by Crippen LogP contribution is -2.64. The van der Waals surface area contributed by atoms with Crippen molar-refractivity contribution in [3.8, 4) is 11.3 Å². The fourth-order valence-electron chi connectivity index (χ4n) is 5.91. The topological polar surface area (TPSA) is 78.7 Å². The van der Waals surface area contributed by atoms with Crippen LogP contribution in [0.25, 0.3) is 11.3 Å². The van der Waals surface area contributed by atoms with Crippen LogP contribution in [0.1, 0.15) is 39.0 Å². The fraction of sp³-hybridized carbons (Fsp3) is 0.560. The third-order valence-corrected chi connectivity index (χ3v) is 7.82. The molecule has 2 aromatic rings. The van der Waals surface area contributed by atoms with Crippen molar-refractivity contribution in [2.75, 3.05) is 26.2 Å². The second-order valence-corrected chi connectivity index (χ2v) is 10.1. The maximum atomic E-state index is 13.0. The van der Waals surface area contributed by atoms with Gasteiger partial charge >= 0.3 is 6.03 Å². The van der Waals surface area contributed by atoms with Crippen molar-refractivity contribution < 1.29 is 9.90 Å². The van der Waals surface area contributed by atoms with Gasteiger partial charge in [-0.2, -0.15) is 0 Å². The molecule has 1 saturated carbocycles. The van der Waals surface area contributed by atoms with E-state index >= 15 is 0 Å². The molecule has 7 nitrogen and oxygen atoms in total. The molecular formula is C25H32N4O3. The first-order chi connectivity index (χ1) is 15.4. The van der Waals surface area contributed by atoms with Crippen molar-refractivity contribution in [3.63, 3.8) is 0 Å². The predicted molar refractivity (Wildman–Crippen MR) is 122 cm³/mol. The first-order valence-corrected chi connectivity index (χ1v) is 11.8. The van der Waals surface area contributed by atoms with Crippen LogP contribution in [-0.4, -0.2) is 62.3 Å². The number of piperidine rings is 1. The highest BCUT2D eigenvalue weighted by atomic mass is 16.3. The van der Waals surface area contributed by atoms with Gasteiger partial charge in [0.05, 0.1) is 24.2 Å². The van der Waals surface area contributed by atoms with Gasteiger partial charge in [0.2, 0.25) is 0 Å². The number of benzene rings is 1. The van der Waals surface area contributed by atoms with Crippen LogP contribution in [0.15, 0.2) is 47.5 Å². The molecule has 3 aliphatic rings. The van der Waals surface area contributed by atoms with Crippen LogP contribution in [-0.2, 0) is 6.54 Å². The highest BCUT2D eigenvalue weighted by molar-refractivity contribution is 5.75. The summed E-state index contributed by atoms with van der Waals surface area (Å²) < 4.78 is 1.54. The summed E-state index contributed by atoms with van der Waals surface area (Å²) in [7, 11) is 0. The van der Waals surface area contributed by atoms with Gasteiger partial charge in [0.15, 0.2) is 0 Å². The second-order valence-electron chi connectivity index (χ2n) is 10.1. The number of nitrogens with zero attached hydrogens (tertiary/aromatic N) is 4. The van der Waals surface area contributed by atoms with E-state index in [1.165, 1.54) is 0 Å². The largest absolute Gasteiger partial charge is 0.387 e. The maximum absolute atomic E-state index is 13.0. The molecule has 5 rings (SSSR count). The van der Waals surface area contributed by atoms with Crippen LogP contribution < -0.4 is 5.56 Å². The number of carbonyl (C=O) groups is 1. The quantitative estimate of drug-likeness (QED) is 0.802. The van der Waals surface area contributed by atoms with Crippen molar-refractivity contribution in [3.05, 3.63) is 53.1 Å². The minimum Gasteiger partial charge on any atom is -0.387 e. The Hall–Kier alpha value is -2.67. The van der Waals surface area contributed by atoms with Gasteiger partial charge in [-0.3, -0.25) is 9.36 Å². The molecule has 2 amide bonds. The number of aromatic nitrogens is 2. The van der Waals surface area contributed by atoms with E-state index in [4.69, 9.17) is 0 Å². The number of aliphatic hydroxyl groups is 1. The Labute approximate surface area is 188 Å². The van der Waals surface area contributed by atoms with Crippen molar-refractivity contribution >= 4 is 6.03 Å². The molecule has 7 heteroatoms. The Bertz CT molecular complexity index is 1040. The summed E-state index contributed by atoms with van der Waals surface area (Å²) in [4.78, 5) is 34.2. The molecule has 32 heavy (non-hydrogen) atoms. The summed E-state index contributed by atoms with van der Waals surface area (Å²) in [5.41, 5.74) is -0.0148. The minimum atomic E-state index is -1.03. The summed E-state index contributed by atoms with van der Waals surface area (Å²) in [5.74, 6) is 0.569. The molecule has 1 spiro atoms. The molecule has 2 aliphatic heterocycles. The van der Waals surface area contributed by atoms with Gasteiger partial charge in [-0.25, -0.2) is 9.78 Å². The number of urea groups is 1. The smallest absolute Gasteiger partial charge is 0.320 e. The summed E-state index contributed by atoms with van der Waals surface area (Å²) in [6.45, 7) is 5.11. The van der Waals surface area contributed by atoms with Crippen LogP contribution in [0, 0.1) is 11.3 Å². The van der Waals surface area contributed by atoms with Gasteiger partial charge in [0.1, 0.15) is 0 Å². The lowest BCUT2D eigenvalue weighted by molar-refractivity contribution is -0.137. The minimum absolute atomic E-state index is 0.0995. The van der Waals surface area contributed by atoms with Crippen LogP contribution in [0.2, 0.25) is 0 Å². The highest BCUT2D eigenvalue weighted by Gasteiger charge is 2.56. The van der Waals surface area contributed by atoms with Gasteiger partial charge in [-0.15, -0.1) is 0 Å². The van der Waals surface area contributed by atoms with Gasteiger partial charge in [0.25, 0.3) is 5.56 Å². The third kappa shape index (κ3) is 3.62. The molecular weight excluding hydrogens is 404 g/mol. The number of likely N-dealkylation sites (tertiary alicyclic amines) is 2. The summed E-state index contributed by atoms with van der Waals surface area (Å²) in [5, 5.41) is 11.9. The lowest BCUT2D eigenvalue weighted by atomic mass is 9.66. The number of carbonyl (C=O) groups excluding carboxylic acids is 1. The van der Waals surface area contributed by atoms with Crippen molar-refractivity contribution in [2.24, 2.45) is 11.3 Å². The van der Waals surface area contributed by atoms with Gasteiger partial charge in [-0.1, -0.05) is 50.1 Å². The van der Waals surface area contributed by atoms with Crippen molar-refractivity contribution in [1.82, 2.24) is 19.4 Å². The first-order valence-electron chi connectivity index (χ1n) is 11.8. The van der Waals surface area contributed by atoms with Gasteiger partial charge in [0, 0.05) is 43.2 Å². The van der Waals surface area contributed by atoms with E-state index in [0.717, 1.165) is 44.3 Å². The SMILES string of the molecule is CC1CN(C(=O)N2CCC(O)(Cn3cnc(-c4ccccc4)cc3=O)C3(CCCC3)C2)C1. The van der Waals surface area contributed by atoms with E-state index in [9.17, 15) is 14.7 Å². The van der Waals surface area contributed by atoms with E-state index < -0.39 is 5.60 Å². The molecule has 3 fully saturated rings. The van der Waals surface area contributed by atoms with Crippen LogP contribution in [0.4, 0.5) is 4.79 Å². The Morgan fingerprint density at radius 2 is 1.84 bits per heavy atom. The third-order valence-electron chi connectivity index (χ3n) is 7.82. The zero-order chi connectivity index (χ0) is 22.3. The average molecular weight is 437 g/mol. The number of rotatable bonds is 3. The highest BCUT2D eigenvalue weighted by Crippen LogP contribution is 2.51. The summed E-state index contributed by atoms with van der Waals surface area (Å²) in [6, 6.07) is 11.3. The average Bonchev–Trinajstić information content (AvgIpc) is 3.25. The standard InChI is InChI=1S/C25H32N4O3/c1-19-14-28(15-19)23(31)27-12-11-25(32,24(16-27)9-5-6-10-24)17-29-18-26-21(13-22(29)30)20-7-3-2-4-8-20/h2-4,7-8,13,18-19,32H,5-6,9-12,14-17H2,1H3. The predicted octanol–water partition coefficient (Wildman–Crippen LogP) is 2.98. The molecule has 1 aromatic heterocycles. The van der Waals surface area contributed by atoms with Gasteiger partial charge in [-0.05, 0) is 25.2 Å². The molecule has 1 aliphatic carbocycles. The first kappa shape index (κ1) is 21.2. The Balaban J connectivity index is 1.37. The Morgan fingerprint density at radius 3 is 2.50 bits per heavy atom. The van der Waals surface area contributed by atoms with Crippen LogP contribution in [0.5, 0.6) is 0 Å². The molecule has 1 unspecified atom stereocenters. The Morgan fingerprint density at radius 1 is 1.12 bits per heavy atom. The van der Waals surface area contributed by atoms with Crippen LogP contribution in [0.3, 0.4) is 0 Å². The molecule has 2 saturated heterocycles.